The Labute approximate surface area is 124 Å². The second kappa shape index (κ2) is 7.60. The zero-order valence-corrected chi connectivity index (χ0v) is 12.8. The highest BCUT2D eigenvalue weighted by molar-refractivity contribution is 7.89. The van der Waals surface area contributed by atoms with Crippen molar-refractivity contribution in [3.05, 3.63) is 28.8 Å². The summed E-state index contributed by atoms with van der Waals surface area (Å²) in [7, 11) is -3.73. The van der Waals surface area contributed by atoms with Crippen LogP contribution >= 0.6 is 11.6 Å². The first-order valence-electron chi connectivity index (χ1n) is 6.36. The van der Waals surface area contributed by atoms with Gasteiger partial charge in [-0.2, -0.15) is 5.26 Å². The molecule has 1 aromatic carbocycles. The molecule has 0 aliphatic carbocycles. The first-order valence-corrected chi connectivity index (χ1v) is 8.22. The lowest BCUT2D eigenvalue weighted by Crippen LogP contribution is -2.40. The summed E-state index contributed by atoms with van der Waals surface area (Å²) in [6.07, 6.45) is 2.54. The lowest BCUT2D eigenvalue weighted by molar-refractivity contribution is 0.516. The van der Waals surface area contributed by atoms with Crippen molar-refractivity contribution in [1.29, 1.82) is 5.26 Å². The Hall–Kier alpha value is -1.13. The van der Waals surface area contributed by atoms with Crippen LogP contribution in [0.15, 0.2) is 23.1 Å². The predicted octanol–water partition coefficient (Wildman–Crippen LogP) is 2.01. The van der Waals surface area contributed by atoms with E-state index in [4.69, 9.17) is 22.6 Å². The highest BCUT2D eigenvalue weighted by Crippen LogP contribution is 2.22. The van der Waals surface area contributed by atoms with Crippen molar-refractivity contribution in [2.45, 2.75) is 37.1 Å². The van der Waals surface area contributed by atoms with Crippen LogP contribution in [0.5, 0.6) is 0 Å². The molecule has 3 N–H and O–H groups in total. The van der Waals surface area contributed by atoms with Crippen LogP contribution in [0.3, 0.4) is 0 Å². The third-order valence-corrected chi connectivity index (χ3v) is 4.87. The zero-order valence-electron chi connectivity index (χ0n) is 11.3. The molecule has 0 fully saturated rings. The van der Waals surface area contributed by atoms with Crippen molar-refractivity contribution in [1.82, 2.24) is 4.72 Å². The summed E-state index contributed by atoms with van der Waals surface area (Å²) in [4.78, 5) is -0.0342. The monoisotopic (exact) mass is 315 g/mol. The SMILES string of the molecule is CCCCC(CN)NS(=O)(=O)c1ccc(C#N)cc1Cl. The van der Waals surface area contributed by atoms with Crippen LogP contribution < -0.4 is 10.5 Å². The van der Waals surface area contributed by atoms with Gasteiger partial charge in [-0.1, -0.05) is 31.4 Å². The Morgan fingerprint density at radius 1 is 1.50 bits per heavy atom. The minimum atomic E-state index is -3.73. The summed E-state index contributed by atoms with van der Waals surface area (Å²) in [5.74, 6) is 0. The Morgan fingerprint density at radius 3 is 2.70 bits per heavy atom. The second-order valence-corrected chi connectivity index (χ2v) is 6.54. The molecule has 20 heavy (non-hydrogen) atoms. The van der Waals surface area contributed by atoms with Crippen LogP contribution in [0.1, 0.15) is 31.7 Å². The van der Waals surface area contributed by atoms with Gasteiger partial charge in [0.05, 0.1) is 16.7 Å². The fourth-order valence-corrected chi connectivity index (χ4v) is 3.57. The minimum Gasteiger partial charge on any atom is -0.329 e. The molecule has 0 saturated carbocycles. The van der Waals surface area contributed by atoms with Gasteiger partial charge in [-0.15, -0.1) is 0 Å². The average molecular weight is 316 g/mol. The Balaban J connectivity index is 2.96. The molecule has 0 heterocycles. The maximum Gasteiger partial charge on any atom is 0.242 e. The van der Waals surface area contributed by atoms with Gasteiger partial charge in [-0.3, -0.25) is 0 Å². The van der Waals surface area contributed by atoms with E-state index < -0.39 is 10.0 Å². The van der Waals surface area contributed by atoms with E-state index in [0.717, 1.165) is 12.8 Å². The van der Waals surface area contributed by atoms with Crippen molar-refractivity contribution >= 4 is 21.6 Å². The van der Waals surface area contributed by atoms with Gasteiger partial charge < -0.3 is 5.73 Å². The summed E-state index contributed by atoms with van der Waals surface area (Å²) >= 11 is 5.92. The van der Waals surface area contributed by atoms with Crippen LogP contribution in [-0.2, 0) is 10.0 Å². The summed E-state index contributed by atoms with van der Waals surface area (Å²) in [6, 6.07) is 5.68. The summed E-state index contributed by atoms with van der Waals surface area (Å²) in [6.45, 7) is 2.26. The molecule has 1 aromatic rings. The number of nitrogens with zero attached hydrogens (tertiary/aromatic N) is 1. The topological polar surface area (TPSA) is 96.0 Å². The lowest BCUT2D eigenvalue weighted by atomic mass is 10.1. The highest BCUT2D eigenvalue weighted by atomic mass is 35.5. The molecule has 110 valence electrons. The lowest BCUT2D eigenvalue weighted by Gasteiger charge is -2.17. The number of nitriles is 1. The minimum absolute atomic E-state index is 0.0304. The second-order valence-electron chi connectivity index (χ2n) is 4.45. The molecule has 0 spiro atoms. The number of nitrogens with one attached hydrogen (secondary N) is 1. The Kier molecular flexibility index (Phi) is 6.43. The average Bonchev–Trinajstić information content (AvgIpc) is 2.42. The number of nitrogens with two attached hydrogens (primary N) is 1. The number of sulfonamides is 1. The van der Waals surface area contributed by atoms with Crippen molar-refractivity contribution in [3.63, 3.8) is 0 Å². The summed E-state index contributed by atoms with van der Waals surface area (Å²) < 4.78 is 27.1. The molecule has 0 radical (unpaired) electrons. The molecular formula is C13H18ClN3O2S. The van der Waals surface area contributed by atoms with Crippen LogP contribution in [0.2, 0.25) is 5.02 Å². The van der Waals surface area contributed by atoms with Gasteiger partial charge in [0, 0.05) is 12.6 Å². The Bertz CT molecular complexity index is 596. The van der Waals surface area contributed by atoms with E-state index in [0.29, 0.717) is 12.0 Å². The highest BCUT2D eigenvalue weighted by Gasteiger charge is 2.21. The molecule has 1 atom stereocenters. The number of rotatable bonds is 7. The Morgan fingerprint density at radius 2 is 2.20 bits per heavy atom. The molecule has 0 aromatic heterocycles. The fraction of sp³-hybridized carbons (Fsp3) is 0.462. The molecule has 0 amide bonds. The molecule has 1 unspecified atom stereocenters. The largest absolute Gasteiger partial charge is 0.329 e. The van der Waals surface area contributed by atoms with E-state index in [1.807, 2.05) is 13.0 Å². The molecular weight excluding hydrogens is 298 g/mol. The molecule has 0 aliphatic rings. The van der Waals surface area contributed by atoms with Crippen LogP contribution in [0.4, 0.5) is 0 Å². The molecule has 0 saturated heterocycles. The van der Waals surface area contributed by atoms with Crippen molar-refractivity contribution in [2.24, 2.45) is 5.73 Å². The molecule has 1 rings (SSSR count). The van der Waals surface area contributed by atoms with E-state index >= 15 is 0 Å². The zero-order chi connectivity index (χ0) is 15.2. The van der Waals surface area contributed by atoms with E-state index in [1.54, 1.807) is 0 Å². The number of unbranched alkanes of at least 4 members (excludes halogenated alkanes) is 1. The van der Waals surface area contributed by atoms with Gasteiger partial charge in [-0.05, 0) is 24.6 Å². The normalized spacial score (nSPS) is 12.9. The van der Waals surface area contributed by atoms with Crippen LogP contribution in [-0.4, -0.2) is 21.0 Å². The standard InChI is InChI=1S/C13H18ClN3O2S/c1-2-3-4-11(9-16)17-20(18,19)13-6-5-10(8-15)7-12(13)14/h5-7,11,17H,2-4,9,16H2,1H3. The number of hydrogen-bond acceptors (Lipinski definition) is 4. The van der Waals surface area contributed by atoms with E-state index in [-0.39, 0.29) is 22.5 Å². The predicted molar refractivity (Wildman–Crippen MR) is 78.9 cm³/mol. The maximum atomic E-state index is 12.3. The van der Waals surface area contributed by atoms with Gasteiger partial charge in [0.15, 0.2) is 0 Å². The maximum absolute atomic E-state index is 12.3. The third-order valence-electron chi connectivity index (χ3n) is 2.86. The van der Waals surface area contributed by atoms with Crippen molar-refractivity contribution in [2.75, 3.05) is 6.54 Å². The van der Waals surface area contributed by atoms with Gasteiger partial charge in [-0.25, -0.2) is 13.1 Å². The number of halogens is 1. The van der Waals surface area contributed by atoms with Crippen molar-refractivity contribution < 1.29 is 8.42 Å². The smallest absolute Gasteiger partial charge is 0.242 e. The van der Waals surface area contributed by atoms with Crippen LogP contribution in [0, 0.1) is 11.3 Å². The first kappa shape index (κ1) is 16.9. The van der Waals surface area contributed by atoms with E-state index in [1.165, 1.54) is 18.2 Å². The number of hydrogen-bond donors (Lipinski definition) is 2. The summed E-state index contributed by atoms with van der Waals surface area (Å²) in [5, 5.41) is 8.78. The molecule has 5 nitrogen and oxygen atoms in total. The quantitative estimate of drug-likeness (QED) is 0.804. The fourth-order valence-electron chi connectivity index (χ4n) is 1.75. The van der Waals surface area contributed by atoms with Gasteiger partial charge in [0.1, 0.15) is 4.90 Å². The molecule has 0 aliphatic heterocycles. The van der Waals surface area contributed by atoms with Crippen molar-refractivity contribution in [3.8, 4) is 6.07 Å². The third kappa shape index (κ3) is 4.46. The number of benzene rings is 1. The van der Waals surface area contributed by atoms with Gasteiger partial charge in [0.25, 0.3) is 0 Å². The molecule has 0 bridgehead atoms. The van der Waals surface area contributed by atoms with Gasteiger partial charge in [0.2, 0.25) is 10.0 Å². The first-order chi connectivity index (χ1) is 9.44. The summed E-state index contributed by atoms with van der Waals surface area (Å²) in [5.41, 5.74) is 5.89. The van der Waals surface area contributed by atoms with Gasteiger partial charge >= 0.3 is 0 Å². The molecule has 7 heteroatoms. The van der Waals surface area contributed by atoms with E-state index in [9.17, 15) is 8.42 Å². The van der Waals surface area contributed by atoms with Crippen LogP contribution in [0.25, 0.3) is 0 Å². The van der Waals surface area contributed by atoms with E-state index in [2.05, 4.69) is 4.72 Å².